The summed E-state index contributed by atoms with van der Waals surface area (Å²) in [4.78, 5) is 10.2. The van der Waals surface area contributed by atoms with Gasteiger partial charge in [0.15, 0.2) is 11.6 Å². The van der Waals surface area contributed by atoms with Crippen LogP contribution >= 0.6 is 0 Å². The molecule has 7 heteroatoms. The van der Waals surface area contributed by atoms with Gasteiger partial charge in [-0.3, -0.25) is 0 Å². The number of hydrogen-bond donors (Lipinski definition) is 3. The van der Waals surface area contributed by atoms with E-state index in [2.05, 4.69) is 20.7 Å². The molecular formula is C13H18N6O. The second-order valence-corrected chi connectivity index (χ2v) is 4.31. The molecule has 1 aromatic carbocycles. The molecule has 4 N–H and O–H groups in total. The largest absolute Gasteiger partial charge is 0.490 e. The number of anilines is 4. The molecule has 2 rings (SSSR count). The molecule has 0 spiro atoms. The van der Waals surface area contributed by atoms with Crippen molar-refractivity contribution in [2.75, 3.05) is 36.8 Å². The third kappa shape index (κ3) is 2.89. The van der Waals surface area contributed by atoms with Crippen LogP contribution < -0.4 is 26.2 Å². The second-order valence-electron chi connectivity index (χ2n) is 4.31. The van der Waals surface area contributed by atoms with Crippen molar-refractivity contribution < 1.29 is 4.74 Å². The highest BCUT2D eigenvalue weighted by Crippen LogP contribution is 2.30. The number of rotatable bonds is 5. The predicted molar refractivity (Wildman–Crippen MR) is 80.4 cm³/mol. The van der Waals surface area contributed by atoms with Crippen molar-refractivity contribution in [3.63, 3.8) is 0 Å². The predicted octanol–water partition coefficient (Wildman–Crippen LogP) is 1.58. The third-order valence-corrected chi connectivity index (χ3v) is 2.79. The van der Waals surface area contributed by atoms with Gasteiger partial charge in [-0.15, -0.1) is 0 Å². The minimum absolute atomic E-state index is 0.426. The quantitative estimate of drug-likeness (QED) is 0.563. The summed E-state index contributed by atoms with van der Waals surface area (Å²) >= 11 is 0. The molecule has 20 heavy (non-hydrogen) atoms. The Labute approximate surface area is 117 Å². The summed E-state index contributed by atoms with van der Waals surface area (Å²) in [5, 5.41) is 3.17. The fourth-order valence-electron chi connectivity index (χ4n) is 1.74. The van der Waals surface area contributed by atoms with E-state index in [1.807, 2.05) is 43.3 Å². The van der Waals surface area contributed by atoms with E-state index in [-0.39, 0.29) is 0 Å². The average Bonchev–Trinajstić information content (AvgIpc) is 2.47. The lowest BCUT2D eigenvalue weighted by atomic mass is 10.2. The molecular weight excluding hydrogens is 256 g/mol. The molecule has 7 nitrogen and oxygen atoms in total. The molecule has 0 bridgehead atoms. The van der Waals surface area contributed by atoms with Gasteiger partial charge in [0, 0.05) is 25.5 Å². The molecule has 0 aliphatic heterocycles. The summed E-state index contributed by atoms with van der Waals surface area (Å²) < 4.78 is 5.26. The normalized spacial score (nSPS) is 10.0. The van der Waals surface area contributed by atoms with Crippen LogP contribution in [-0.4, -0.2) is 31.2 Å². The minimum Gasteiger partial charge on any atom is -0.490 e. The molecule has 0 fully saturated rings. The standard InChI is InChI=1S/C13H18N6O/c1-19(2)10-6-4-9(5-7-10)17-12-11(20-3)13(18-14)16-8-15-12/h4-8H,14H2,1-3H3,(H2,15,16,17,18). The maximum Gasteiger partial charge on any atom is 0.205 e. The highest BCUT2D eigenvalue weighted by Gasteiger charge is 2.11. The SMILES string of the molecule is COc1c(NN)ncnc1Nc1ccc(N(C)C)cc1. The number of hydrazine groups is 1. The fraction of sp³-hybridized carbons (Fsp3) is 0.231. The van der Waals surface area contributed by atoms with E-state index in [9.17, 15) is 0 Å². The number of nitrogens with two attached hydrogens (primary N) is 1. The molecule has 0 aliphatic rings. The second kappa shape index (κ2) is 6.07. The van der Waals surface area contributed by atoms with E-state index in [0.717, 1.165) is 11.4 Å². The lowest BCUT2D eigenvalue weighted by molar-refractivity contribution is 0.415. The van der Waals surface area contributed by atoms with E-state index in [4.69, 9.17) is 10.6 Å². The molecule has 1 aromatic heterocycles. The zero-order valence-electron chi connectivity index (χ0n) is 11.7. The van der Waals surface area contributed by atoms with E-state index >= 15 is 0 Å². The number of methoxy groups -OCH3 is 1. The van der Waals surface area contributed by atoms with Crippen molar-refractivity contribution in [3.8, 4) is 5.75 Å². The van der Waals surface area contributed by atoms with Crippen LogP contribution in [0.25, 0.3) is 0 Å². The van der Waals surface area contributed by atoms with Gasteiger partial charge in [-0.2, -0.15) is 0 Å². The Bertz CT molecular complexity index is 570. The Morgan fingerprint density at radius 2 is 1.75 bits per heavy atom. The van der Waals surface area contributed by atoms with Crippen LogP contribution in [0.4, 0.5) is 23.0 Å². The first-order chi connectivity index (χ1) is 9.65. The van der Waals surface area contributed by atoms with Crippen molar-refractivity contribution in [2.45, 2.75) is 0 Å². The van der Waals surface area contributed by atoms with Gasteiger partial charge in [-0.25, -0.2) is 15.8 Å². The molecule has 0 saturated heterocycles. The summed E-state index contributed by atoms with van der Waals surface area (Å²) in [6.07, 6.45) is 1.41. The molecule has 0 radical (unpaired) electrons. The number of ether oxygens (including phenoxy) is 1. The topological polar surface area (TPSA) is 88.3 Å². The molecule has 0 saturated carbocycles. The summed E-state index contributed by atoms with van der Waals surface area (Å²) in [5.74, 6) is 6.83. The first kappa shape index (κ1) is 13.9. The molecule has 0 unspecified atom stereocenters. The summed E-state index contributed by atoms with van der Waals surface area (Å²) in [6, 6.07) is 7.95. The van der Waals surface area contributed by atoms with Gasteiger partial charge in [-0.05, 0) is 24.3 Å². The van der Waals surface area contributed by atoms with Crippen molar-refractivity contribution in [3.05, 3.63) is 30.6 Å². The average molecular weight is 274 g/mol. The van der Waals surface area contributed by atoms with Gasteiger partial charge in [0.25, 0.3) is 0 Å². The van der Waals surface area contributed by atoms with Crippen LogP contribution in [0.5, 0.6) is 5.75 Å². The van der Waals surface area contributed by atoms with Crippen molar-refractivity contribution in [2.24, 2.45) is 5.84 Å². The smallest absolute Gasteiger partial charge is 0.205 e. The summed E-state index contributed by atoms with van der Waals surface area (Å²) in [6.45, 7) is 0. The number of benzene rings is 1. The maximum absolute atomic E-state index is 5.39. The van der Waals surface area contributed by atoms with Crippen LogP contribution in [0.2, 0.25) is 0 Å². The Morgan fingerprint density at radius 3 is 2.30 bits per heavy atom. The molecule has 0 atom stereocenters. The Morgan fingerprint density at radius 1 is 1.10 bits per heavy atom. The molecule has 1 heterocycles. The van der Waals surface area contributed by atoms with Crippen LogP contribution in [0.1, 0.15) is 0 Å². The van der Waals surface area contributed by atoms with E-state index < -0.39 is 0 Å². The monoisotopic (exact) mass is 274 g/mol. The van der Waals surface area contributed by atoms with E-state index in [1.54, 1.807) is 7.11 Å². The first-order valence-electron chi connectivity index (χ1n) is 6.05. The van der Waals surface area contributed by atoms with Crippen LogP contribution in [0, 0.1) is 0 Å². The summed E-state index contributed by atoms with van der Waals surface area (Å²) in [7, 11) is 5.53. The first-order valence-corrected chi connectivity index (χ1v) is 6.05. The van der Waals surface area contributed by atoms with E-state index in [1.165, 1.54) is 6.33 Å². The number of nitrogen functional groups attached to an aromatic ring is 1. The minimum atomic E-state index is 0.426. The molecule has 2 aromatic rings. The Kier molecular flexibility index (Phi) is 4.21. The third-order valence-electron chi connectivity index (χ3n) is 2.79. The highest BCUT2D eigenvalue weighted by atomic mass is 16.5. The number of aromatic nitrogens is 2. The molecule has 0 aliphatic carbocycles. The van der Waals surface area contributed by atoms with Gasteiger partial charge in [-0.1, -0.05) is 0 Å². The van der Waals surface area contributed by atoms with Gasteiger partial charge in [0.1, 0.15) is 6.33 Å². The highest BCUT2D eigenvalue weighted by molar-refractivity contribution is 5.69. The zero-order chi connectivity index (χ0) is 14.5. The van der Waals surface area contributed by atoms with Gasteiger partial charge in [0.2, 0.25) is 5.75 Å². The fourth-order valence-corrected chi connectivity index (χ4v) is 1.74. The lowest BCUT2D eigenvalue weighted by Gasteiger charge is -2.15. The van der Waals surface area contributed by atoms with Crippen LogP contribution in [0.15, 0.2) is 30.6 Å². The Hall–Kier alpha value is -2.54. The molecule has 106 valence electrons. The lowest BCUT2D eigenvalue weighted by Crippen LogP contribution is -2.11. The number of hydrogen-bond acceptors (Lipinski definition) is 7. The molecule has 0 amide bonds. The van der Waals surface area contributed by atoms with Crippen LogP contribution in [0.3, 0.4) is 0 Å². The van der Waals surface area contributed by atoms with Gasteiger partial charge < -0.3 is 20.4 Å². The number of nitrogens with one attached hydrogen (secondary N) is 2. The van der Waals surface area contributed by atoms with Crippen molar-refractivity contribution in [1.82, 2.24) is 9.97 Å². The van der Waals surface area contributed by atoms with Gasteiger partial charge >= 0.3 is 0 Å². The Balaban J connectivity index is 2.25. The summed E-state index contributed by atoms with van der Waals surface area (Å²) in [5.41, 5.74) is 4.49. The number of nitrogens with zero attached hydrogens (tertiary/aromatic N) is 3. The zero-order valence-corrected chi connectivity index (χ0v) is 11.7. The van der Waals surface area contributed by atoms with Gasteiger partial charge in [0.05, 0.1) is 7.11 Å². The van der Waals surface area contributed by atoms with Crippen LogP contribution in [-0.2, 0) is 0 Å². The maximum atomic E-state index is 5.39. The van der Waals surface area contributed by atoms with Crippen molar-refractivity contribution in [1.29, 1.82) is 0 Å². The van der Waals surface area contributed by atoms with E-state index in [0.29, 0.717) is 17.4 Å². The van der Waals surface area contributed by atoms with Crippen molar-refractivity contribution >= 4 is 23.0 Å².